The number of carbonyl (C=O) groups excluding carboxylic acids is 1. The molecule has 0 spiro atoms. The second kappa shape index (κ2) is 7.20. The number of aromatic nitrogens is 3. The molecule has 0 bridgehead atoms. The first kappa shape index (κ1) is 17.2. The Morgan fingerprint density at radius 1 is 1.07 bits per heavy atom. The van der Waals surface area contributed by atoms with E-state index in [0.717, 1.165) is 25.9 Å². The van der Waals surface area contributed by atoms with Gasteiger partial charge in [0.05, 0.1) is 5.69 Å². The van der Waals surface area contributed by atoms with Gasteiger partial charge in [-0.25, -0.2) is 4.79 Å². The maximum Gasteiger partial charge on any atom is 0.350 e. The molecule has 0 aliphatic carbocycles. The van der Waals surface area contributed by atoms with Crippen LogP contribution in [0.4, 0.5) is 5.69 Å². The van der Waals surface area contributed by atoms with Crippen molar-refractivity contribution in [2.75, 3.05) is 18.4 Å². The smallest absolute Gasteiger partial charge is 0.322 e. The van der Waals surface area contributed by atoms with Crippen LogP contribution in [-0.4, -0.2) is 33.3 Å². The highest BCUT2D eigenvalue weighted by Gasteiger charge is 2.12. The SMILES string of the molecule is Cn1cnn(-c2ccc(NC(=O)c3ccc4c(c3)CCNCC4)cc2)c1=O. The van der Waals surface area contributed by atoms with Gasteiger partial charge in [0.1, 0.15) is 6.33 Å². The summed E-state index contributed by atoms with van der Waals surface area (Å²) in [6.45, 7) is 1.91. The molecule has 1 aliphatic heterocycles. The van der Waals surface area contributed by atoms with Crippen LogP contribution in [0.15, 0.2) is 53.6 Å². The van der Waals surface area contributed by atoms with Crippen LogP contribution in [0.25, 0.3) is 5.69 Å². The molecule has 1 aromatic heterocycles. The molecule has 3 aromatic rings. The summed E-state index contributed by atoms with van der Waals surface area (Å²) in [5.41, 5.74) is 4.30. The number of rotatable bonds is 3. The molecule has 0 unspecified atom stereocenters. The Morgan fingerprint density at radius 3 is 2.52 bits per heavy atom. The Hall–Kier alpha value is -3.19. The Kier molecular flexibility index (Phi) is 4.60. The van der Waals surface area contributed by atoms with Crippen molar-refractivity contribution in [1.82, 2.24) is 19.7 Å². The molecule has 0 atom stereocenters. The van der Waals surface area contributed by atoms with Crippen molar-refractivity contribution in [1.29, 1.82) is 0 Å². The van der Waals surface area contributed by atoms with Gasteiger partial charge in [-0.2, -0.15) is 9.78 Å². The quantitative estimate of drug-likeness (QED) is 0.739. The summed E-state index contributed by atoms with van der Waals surface area (Å²) in [6, 6.07) is 13.0. The fourth-order valence-electron chi connectivity index (χ4n) is 3.26. The van der Waals surface area contributed by atoms with Crippen LogP contribution in [0.1, 0.15) is 21.5 Å². The number of carbonyl (C=O) groups is 1. The van der Waals surface area contributed by atoms with E-state index in [0.29, 0.717) is 16.9 Å². The van der Waals surface area contributed by atoms with E-state index in [9.17, 15) is 9.59 Å². The third kappa shape index (κ3) is 3.54. The number of nitrogens with zero attached hydrogens (tertiary/aromatic N) is 3. The summed E-state index contributed by atoms with van der Waals surface area (Å²) in [5, 5.41) is 10.3. The van der Waals surface area contributed by atoms with Crippen molar-refractivity contribution in [3.63, 3.8) is 0 Å². The number of benzene rings is 2. The number of aryl methyl sites for hydroxylation is 1. The molecule has 0 saturated carbocycles. The lowest BCUT2D eigenvalue weighted by molar-refractivity contribution is 0.102. The van der Waals surface area contributed by atoms with E-state index in [1.54, 1.807) is 31.3 Å². The van der Waals surface area contributed by atoms with Gasteiger partial charge < -0.3 is 10.6 Å². The minimum absolute atomic E-state index is 0.141. The van der Waals surface area contributed by atoms with E-state index in [2.05, 4.69) is 15.7 Å². The zero-order chi connectivity index (χ0) is 18.8. The number of hydrogen-bond acceptors (Lipinski definition) is 4. The maximum atomic E-state index is 12.6. The maximum absolute atomic E-state index is 12.6. The number of nitrogens with one attached hydrogen (secondary N) is 2. The Bertz CT molecular complexity index is 1030. The van der Waals surface area contributed by atoms with Gasteiger partial charge in [0, 0.05) is 18.3 Å². The van der Waals surface area contributed by atoms with Crippen molar-refractivity contribution in [3.8, 4) is 5.69 Å². The van der Waals surface area contributed by atoms with Gasteiger partial charge in [-0.05, 0) is 73.5 Å². The number of anilines is 1. The first-order valence-electron chi connectivity index (χ1n) is 8.97. The molecule has 7 heteroatoms. The van der Waals surface area contributed by atoms with Gasteiger partial charge in [0.25, 0.3) is 5.91 Å². The second-order valence-corrected chi connectivity index (χ2v) is 6.67. The van der Waals surface area contributed by atoms with Gasteiger partial charge in [-0.1, -0.05) is 6.07 Å². The number of hydrogen-bond donors (Lipinski definition) is 2. The van der Waals surface area contributed by atoms with Crippen molar-refractivity contribution < 1.29 is 4.79 Å². The van der Waals surface area contributed by atoms with Gasteiger partial charge in [-0.3, -0.25) is 9.36 Å². The average molecular weight is 363 g/mol. The highest BCUT2D eigenvalue weighted by molar-refractivity contribution is 6.04. The summed E-state index contributed by atoms with van der Waals surface area (Å²) in [5.74, 6) is -0.141. The lowest BCUT2D eigenvalue weighted by atomic mass is 10.00. The second-order valence-electron chi connectivity index (χ2n) is 6.67. The van der Waals surface area contributed by atoms with Crippen molar-refractivity contribution in [3.05, 3.63) is 76.0 Å². The van der Waals surface area contributed by atoms with E-state index in [-0.39, 0.29) is 11.6 Å². The molecule has 7 nitrogen and oxygen atoms in total. The fourth-order valence-corrected chi connectivity index (χ4v) is 3.26. The summed E-state index contributed by atoms with van der Waals surface area (Å²) in [6.07, 6.45) is 3.39. The molecule has 0 radical (unpaired) electrons. The monoisotopic (exact) mass is 363 g/mol. The van der Waals surface area contributed by atoms with Crippen LogP contribution in [0.3, 0.4) is 0 Å². The van der Waals surface area contributed by atoms with Crippen LogP contribution in [0, 0.1) is 0 Å². The highest BCUT2D eigenvalue weighted by atomic mass is 16.2. The Morgan fingerprint density at radius 2 is 1.81 bits per heavy atom. The van der Waals surface area contributed by atoms with Crippen LogP contribution in [0.2, 0.25) is 0 Å². The van der Waals surface area contributed by atoms with E-state index in [1.165, 1.54) is 26.7 Å². The number of amides is 1. The molecule has 0 fully saturated rings. The summed E-state index contributed by atoms with van der Waals surface area (Å²) >= 11 is 0. The molecule has 0 saturated heterocycles. The van der Waals surface area contributed by atoms with E-state index >= 15 is 0 Å². The molecular weight excluding hydrogens is 342 g/mol. The normalized spacial score (nSPS) is 13.7. The van der Waals surface area contributed by atoms with Gasteiger partial charge in [0.2, 0.25) is 0 Å². The van der Waals surface area contributed by atoms with Gasteiger partial charge >= 0.3 is 5.69 Å². The highest BCUT2D eigenvalue weighted by Crippen LogP contribution is 2.17. The fraction of sp³-hybridized carbons (Fsp3) is 0.250. The van der Waals surface area contributed by atoms with Crippen LogP contribution in [-0.2, 0) is 19.9 Å². The van der Waals surface area contributed by atoms with E-state index in [1.807, 2.05) is 18.2 Å². The zero-order valence-corrected chi connectivity index (χ0v) is 15.1. The largest absolute Gasteiger partial charge is 0.350 e. The minimum atomic E-state index is -0.216. The zero-order valence-electron chi connectivity index (χ0n) is 15.1. The Labute approximate surface area is 156 Å². The summed E-state index contributed by atoms with van der Waals surface area (Å²) < 4.78 is 2.72. The van der Waals surface area contributed by atoms with Gasteiger partial charge in [-0.15, -0.1) is 0 Å². The van der Waals surface area contributed by atoms with Crippen LogP contribution < -0.4 is 16.3 Å². The lowest BCUT2D eigenvalue weighted by Crippen LogP contribution is -2.21. The predicted octanol–water partition coefficient (Wildman–Crippen LogP) is 1.51. The molecule has 138 valence electrons. The summed E-state index contributed by atoms with van der Waals surface area (Å²) in [7, 11) is 1.65. The van der Waals surface area contributed by atoms with E-state index < -0.39 is 0 Å². The lowest BCUT2D eigenvalue weighted by Gasteiger charge is -2.10. The third-order valence-electron chi connectivity index (χ3n) is 4.80. The molecular formula is C20H21N5O2. The molecule has 2 heterocycles. The first-order chi connectivity index (χ1) is 13.1. The van der Waals surface area contributed by atoms with E-state index in [4.69, 9.17) is 0 Å². The molecule has 1 amide bonds. The molecule has 1 aliphatic rings. The van der Waals surface area contributed by atoms with Crippen molar-refractivity contribution in [2.45, 2.75) is 12.8 Å². The molecule has 2 N–H and O–H groups in total. The van der Waals surface area contributed by atoms with Crippen molar-refractivity contribution >= 4 is 11.6 Å². The molecule has 4 rings (SSSR count). The molecule has 2 aromatic carbocycles. The van der Waals surface area contributed by atoms with Crippen LogP contribution in [0.5, 0.6) is 0 Å². The predicted molar refractivity (Wildman–Crippen MR) is 103 cm³/mol. The molecule has 27 heavy (non-hydrogen) atoms. The van der Waals surface area contributed by atoms with Crippen LogP contribution >= 0.6 is 0 Å². The third-order valence-corrected chi connectivity index (χ3v) is 4.80. The minimum Gasteiger partial charge on any atom is -0.322 e. The van der Waals surface area contributed by atoms with Gasteiger partial charge in [0.15, 0.2) is 0 Å². The summed E-state index contributed by atoms with van der Waals surface area (Å²) in [4.78, 5) is 24.5. The Balaban J connectivity index is 1.51. The topological polar surface area (TPSA) is 81.0 Å². The average Bonchev–Trinajstić information content (AvgIpc) is 2.88. The number of fused-ring (bicyclic) bond motifs is 1. The van der Waals surface area contributed by atoms with Crippen molar-refractivity contribution in [2.24, 2.45) is 7.05 Å². The first-order valence-corrected chi connectivity index (χ1v) is 8.97. The standard InChI is InChI=1S/C20H21N5O2/c1-24-13-22-25(20(24)27)18-6-4-17(5-7-18)23-19(26)16-3-2-14-8-10-21-11-9-15(14)12-16/h2-7,12-13,21H,8-11H2,1H3,(H,23,26).